The maximum absolute atomic E-state index is 12.9. The van der Waals surface area contributed by atoms with Gasteiger partial charge in [0.2, 0.25) is 0 Å². The van der Waals surface area contributed by atoms with E-state index in [1.54, 1.807) is 0 Å². The Morgan fingerprint density at radius 2 is 1.86 bits per heavy atom. The van der Waals surface area contributed by atoms with Gasteiger partial charge >= 0.3 is 6.03 Å². The number of nitrogens with one attached hydrogen (secondary N) is 1. The van der Waals surface area contributed by atoms with Gasteiger partial charge in [0.05, 0.1) is 6.67 Å². The molecule has 1 aromatic rings. The monoisotopic (exact) mass is 406 g/mol. The highest BCUT2D eigenvalue weighted by Crippen LogP contribution is 2.27. The van der Waals surface area contributed by atoms with Crippen LogP contribution in [0, 0.1) is 12.8 Å². The summed E-state index contributed by atoms with van der Waals surface area (Å²) in [5.41, 5.74) is 1.58. The Balaban J connectivity index is 1.58. The molecule has 2 heterocycles. The third-order valence-electron chi connectivity index (χ3n) is 5.79. The lowest BCUT2D eigenvalue weighted by Crippen LogP contribution is -2.52. The van der Waals surface area contributed by atoms with E-state index in [9.17, 15) is 9.59 Å². The normalized spacial score (nSPS) is 23.6. The number of piperazine rings is 1. The number of anilines is 1. The number of nitrogens with zero attached hydrogens (tertiary/aromatic N) is 3. The summed E-state index contributed by atoms with van der Waals surface area (Å²) in [5, 5.41) is 3.65. The molecule has 3 rings (SSSR count). The lowest BCUT2D eigenvalue weighted by atomic mass is 9.92. The smallest absolute Gasteiger partial charge is 0.326 e. The largest absolute Gasteiger partial charge is 0.369 e. The van der Waals surface area contributed by atoms with Crippen LogP contribution in [0.2, 0.25) is 5.02 Å². The van der Waals surface area contributed by atoms with Crippen molar-refractivity contribution in [1.82, 2.24) is 15.1 Å². The first-order valence-corrected chi connectivity index (χ1v) is 10.4. The minimum atomic E-state index is -0.777. The summed E-state index contributed by atoms with van der Waals surface area (Å²) in [4.78, 5) is 31.2. The number of hydrogen-bond acceptors (Lipinski definition) is 4. The third kappa shape index (κ3) is 4.44. The van der Waals surface area contributed by atoms with Crippen molar-refractivity contribution in [2.24, 2.45) is 5.92 Å². The van der Waals surface area contributed by atoms with Crippen molar-refractivity contribution < 1.29 is 9.59 Å². The predicted molar refractivity (Wildman–Crippen MR) is 113 cm³/mol. The second-order valence-electron chi connectivity index (χ2n) is 8.61. The Bertz CT molecular complexity index is 746. The highest BCUT2D eigenvalue weighted by atomic mass is 35.5. The lowest BCUT2D eigenvalue weighted by molar-refractivity contribution is -0.132. The highest BCUT2D eigenvalue weighted by molar-refractivity contribution is 6.30. The molecule has 2 aliphatic heterocycles. The maximum Gasteiger partial charge on any atom is 0.326 e. The number of hydrogen-bond donors (Lipinski definition) is 1. The zero-order valence-corrected chi connectivity index (χ0v) is 18.1. The molecule has 1 N–H and O–H groups in total. The summed E-state index contributed by atoms with van der Waals surface area (Å²) in [6.07, 6.45) is 1.58. The molecular formula is C21H31ClN4O2. The molecule has 0 aromatic heterocycles. The lowest BCUT2D eigenvalue weighted by Gasteiger charge is -2.38. The first kappa shape index (κ1) is 20.9. The fraction of sp³-hybridized carbons (Fsp3) is 0.619. The van der Waals surface area contributed by atoms with Crippen LogP contribution < -0.4 is 10.2 Å². The van der Waals surface area contributed by atoms with Gasteiger partial charge in [0, 0.05) is 36.9 Å². The van der Waals surface area contributed by atoms with E-state index in [0.717, 1.165) is 43.3 Å². The summed E-state index contributed by atoms with van der Waals surface area (Å²) in [6, 6.07) is 5.67. The van der Waals surface area contributed by atoms with Crippen molar-refractivity contribution in [1.29, 1.82) is 0 Å². The third-order valence-corrected chi connectivity index (χ3v) is 6.03. The quantitative estimate of drug-likeness (QED) is 0.735. The van der Waals surface area contributed by atoms with Crippen molar-refractivity contribution in [2.45, 2.75) is 46.1 Å². The van der Waals surface area contributed by atoms with E-state index in [2.05, 4.69) is 35.9 Å². The van der Waals surface area contributed by atoms with E-state index in [1.165, 1.54) is 10.5 Å². The van der Waals surface area contributed by atoms with Crippen LogP contribution in [0.15, 0.2) is 18.2 Å². The Morgan fingerprint density at radius 1 is 1.18 bits per heavy atom. The molecule has 28 heavy (non-hydrogen) atoms. The van der Waals surface area contributed by atoms with Gasteiger partial charge in [-0.3, -0.25) is 9.69 Å². The molecular weight excluding hydrogens is 376 g/mol. The van der Waals surface area contributed by atoms with Crippen LogP contribution in [-0.4, -0.2) is 60.1 Å². The van der Waals surface area contributed by atoms with Gasteiger partial charge in [-0.25, -0.2) is 9.69 Å². The molecule has 6 nitrogen and oxygen atoms in total. The second kappa shape index (κ2) is 8.29. The van der Waals surface area contributed by atoms with Crippen LogP contribution in [-0.2, 0) is 4.79 Å². The number of aryl methyl sites for hydroxylation is 1. The molecule has 2 fully saturated rings. The van der Waals surface area contributed by atoms with Gasteiger partial charge in [-0.15, -0.1) is 0 Å². The Hall–Kier alpha value is -1.79. The summed E-state index contributed by atoms with van der Waals surface area (Å²) in [7, 11) is 0. The molecule has 3 amide bonds. The van der Waals surface area contributed by atoms with Gasteiger partial charge in [0.1, 0.15) is 5.54 Å². The summed E-state index contributed by atoms with van der Waals surface area (Å²) >= 11 is 6.16. The average Bonchev–Trinajstić information content (AvgIpc) is 2.86. The fourth-order valence-corrected chi connectivity index (χ4v) is 4.04. The van der Waals surface area contributed by atoms with Crippen LogP contribution in [0.3, 0.4) is 0 Å². The number of rotatable bonds is 6. The van der Waals surface area contributed by atoms with Gasteiger partial charge in [0.15, 0.2) is 0 Å². The standard InChI is InChI=1S/C21H31ClN4O2/c1-15(2)7-8-21(4)19(27)26(20(28)23-21)14-24-9-11-25(12-10-24)18-13-17(22)6-5-16(18)3/h5-6,13,15H,7-12,14H2,1-4H3,(H,23,28)/t21-/m1/s1. The van der Waals surface area contributed by atoms with Gasteiger partial charge < -0.3 is 10.2 Å². The van der Waals surface area contributed by atoms with Crippen molar-refractivity contribution in [2.75, 3.05) is 37.7 Å². The van der Waals surface area contributed by atoms with Crippen LogP contribution in [0.4, 0.5) is 10.5 Å². The molecule has 0 bridgehead atoms. The second-order valence-corrected chi connectivity index (χ2v) is 9.04. The molecule has 0 spiro atoms. The molecule has 1 atom stereocenters. The van der Waals surface area contributed by atoms with E-state index in [4.69, 9.17) is 11.6 Å². The average molecular weight is 407 g/mol. The topological polar surface area (TPSA) is 55.9 Å². The molecule has 0 aliphatic carbocycles. The zero-order valence-electron chi connectivity index (χ0n) is 17.3. The zero-order chi connectivity index (χ0) is 20.5. The van der Waals surface area contributed by atoms with Crippen molar-refractivity contribution in [3.63, 3.8) is 0 Å². The van der Waals surface area contributed by atoms with E-state index in [0.29, 0.717) is 19.0 Å². The molecule has 0 unspecified atom stereocenters. The van der Waals surface area contributed by atoms with Crippen LogP contribution in [0.25, 0.3) is 0 Å². The van der Waals surface area contributed by atoms with Crippen LogP contribution >= 0.6 is 11.6 Å². The first-order valence-electron chi connectivity index (χ1n) is 10.1. The minimum Gasteiger partial charge on any atom is -0.369 e. The fourth-order valence-electron chi connectivity index (χ4n) is 3.88. The Labute approximate surface area is 172 Å². The number of urea groups is 1. The van der Waals surface area contributed by atoms with Gasteiger partial charge in [0.25, 0.3) is 5.91 Å². The molecule has 1 aromatic carbocycles. The first-order chi connectivity index (χ1) is 13.2. The van der Waals surface area contributed by atoms with Crippen LogP contribution in [0.1, 0.15) is 39.2 Å². The number of carbonyl (C=O) groups excluding carboxylic acids is 2. The Kier molecular flexibility index (Phi) is 6.20. The van der Waals surface area contributed by atoms with E-state index in [1.807, 2.05) is 25.1 Å². The van der Waals surface area contributed by atoms with E-state index < -0.39 is 5.54 Å². The maximum atomic E-state index is 12.9. The molecule has 0 saturated carbocycles. The van der Waals surface area contributed by atoms with Crippen molar-refractivity contribution in [3.05, 3.63) is 28.8 Å². The number of imide groups is 1. The van der Waals surface area contributed by atoms with Gasteiger partial charge in [-0.05, 0) is 50.3 Å². The number of benzene rings is 1. The SMILES string of the molecule is Cc1ccc(Cl)cc1N1CCN(CN2C(=O)N[C@](C)(CCC(C)C)C2=O)CC1. The molecule has 0 radical (unpaired) electrons. The Morgan fingerprint density at radius 3 is 2.50 bits per heavy atom. The number of carbonyl (C=O) groups is 2. The van der Waals surface area contributed by atoms with Gasteiger partial charge in [-0.2, -0.15) is 0 Å². The van der Waals surface area contributed by atoms with E-state index in [-0.39, 0.29) is 11.9 Å². The van der Waals surface area contributed by atoms with Crippen molar-refractivity contribution >= 4 is 29.2 Å². The molecule has 2 saturated heterocycles. The molecule has 154 valence electrons. The predicted octanol–water partition coefficient (Wildman–Crippen LogP) is 3.47. The summed E-state index contributed by atoms with van der Waals surface area (Å²) < 4.78 is 0. The highest BCUT2D eigenvalue weighted by Gasteiger charge is 2.47. The van der Waals surface area contributed by atoms with E-state index >= 15 is 0 Å². The van der Waals surface area contributed by atoms with Crippen LogP contribution in [0.5, 0.6) is 0 Å². The van der Waals surface area contributed by atoms with Crippen molar-refractivity contribution in [3.8, 4) is 0 Å². The molecule has 2 aliphatic rings. The number of amides is 3. The van der Waals surface area contributed by atoms with Gasteiger partial charge in [-0.1, -0.05) is 31.5 Å². The minimum absolute atomic E-state index is 0.105. The molecule has 7 heteroatoms. The number of halogens is 1. The summed E-state index contributed by atoms with van der Waals surface area (Å²) in [5.74, 6) is 0.393. The summed E-state index contributed by atoms with van der Waals surface area (Å²) in [6.45, 7) is 11.8.